The average Bonchev–Trinajstić information content (AvgIpc) is 3.51. The Balaban J connectivity index is 1.40. The second-order valence-electron chi connectivity index (χ2n) is 11.1. The summed E-state index contributed by atoms with van der Waals surface area (Å²) >= 11 is 0. The summed E-state index contributed by atoms with van der Waals surface area (Å²) in [5.74, 6) is 1.31. The topological polar surface area (TPSA) is 47.6 Å². The first kappa shape index (κ1) is 24.9. The molecule has 0 unspecified atom stereocenters. The van der Waals surface area contributed by atoms with Crippen molar-refractivity contribution in [2.45, 2.75) is 58.5 Å². The number of benzene rings is 1. The molecule has 1 saturated carbocycles. The van der Waals surface area contributed by atoms with Crippen molar-refractivity contribution in [2.75, 3.05) is 27.2 Å². The molecule has 4 aromatic rings. The lowest BCUT2D eigenvalue weighted by atomic mass is 9.83. The van der Waals surface area contributed by atoms with Gasteiger partial charge in [0, 0.05) is 42.7 Å². The molecular weight excluding hydrogens is 477 g/mol. The molecule has 1 aliphatic heterocycles. The van der Waals surface area contributed by atoms with Gasteiger partial charge in [0.25, 0.3) is 0 Å². The highest BCUT2D eigenvalue weighted by Gasteiger charge is 2.38. The second-order valence-corrected chi connectivity index (χ2v) is 11.1. The van der Waals surface area contributed by atoms with Crippen molar-refractivity contribution < 1.29 is 9.13 Å². The van der Waals surface area contributed by atoms with Gasteiger partial charge >= 0.3 is 0 Å². The fourth-order valence-corrected chi connectivity index (χ4v) is 5.98. The van der Waals surface area contributed by atoms with Gasteiger partial charge in [-0.05, 0) is 93.8 Å². The molecule has 6 nitrogen and oxygen atoms in total. The lowest BCUT2D eigenvalue weighted by Gasteiger charge is -2.35. The summed E-state index contributed by atoms with van der Waals surface area (Å²) < 4.78 is 25.6. The zero-order valence-corrected chi connectivity index (χ0v) is 23.0. The van der Waals surface area contributed by atoms with E-state index in [0.717, 1.165) is 11.4 Å². The van der Waals surface area contributed by atoms with Gasteiger partial charge in [-0.2, -0.15) is 5.10 Å². The number of pyridine rings is 1. The van der Waals surface area contributed by atoms with Crippen molar-refractivity contribution in [1.82, 2.24) is 24.1 Å². The van der Waals surface area contributed by atoms with E-state index in [1.165, 1.54) is 47.1 Å². The summed E-state index contributed by atoms with van der Waals surface area (Å²) in [6.45, 7) is 8.04. The summed E-state index contributed by atoms with van der Waals surface area (Å²) in [4.78, 5) is 6.76. The van der Waals surface area contributed by atoms with Gasteiger partial charge in [-0.1, -0.05) is 11.6 Å². The fourth-order valence-electron chi connectivity index (χ4n) is 5.98. The lowest BCUT2D eigenvalue weighted by Crippen LogP contribution is -2.38. The maximum absolute atomic E-state index is 16.2. The number of allylic oxidation sites excluding steroid dienone is 2. The molecule has 1 aliphatic carbocycles. The van der Waals surface area contributed by atoms with Crippen LogP contribution in [0.1, 0.15) is 61.3 Å². The van der Waals surface area contributed by atoms with Gasteiger partial charge in [0.2, 0.25) is 0 Å². The molecule has 6 rings (SSSR count). The first-order valence-electron chi connectivity index (χ1n) is 13.6. The Bertz CT molecular complexity index is 1550. The van der Waals surface area contributed by atoms with Gasteiger partial charge in [-0.3, -0.25) is 4.40 Å². The number of halogens is 1. The van der Waals surface area contributed by atoms with Crippen molar-refractivity contribution in [2.24, 2.45) is 0 Å². The van der Waals surface area contributed by atoms with E-state index >= 15 is 4.39 Å². The summed E-state index contributed by atoms with van der Waals surface area (Å²) in [6, 6.07) is 6.42. The quantitative estimate of drug-likeness (QED) is 0.299. The fraction of sp³-hybridized carbons (Fsp3) is 0.419. The molecule has 0 atom stereocenters. The molecule has 0 radical (unpaired) electrons. The molecule has 0 bridgehead atoms. The van der Waals surface area contributed by atoms with Crippen LogP contribution in [0.5, 0.6) is 5.75 Å². The third kappa shape index (κ3) is 4.13. The summed E-state index contributed by atoms with van der Waals surface area (Å²) in [6.07, 6.45) is 12.2. The number of alkyl halides is 1. The van der Waals surface area contributed by atoms with E-state index in [1.54, 1.807) is 18.9 Å². The molecule has 2 fully saturated rings. The molecule has 38 heavy (non-hydrogen) atoms. The van der Waals surface area contributed by atoms with Crippen molar-refractivity contribution in [3.05, 3.63) is 70.8 Å². The minimum atomic E-state index is -1.44. The molecule has 0 N–H and O–H groups in total. The second kappa shape index (κ2) is 9.38. The van der Waals surface area contributed by atoms with Crippen LogP contribution in [0, 0.1) is 13.8 Å². The van der Waals surface area contributed by atoms with E-state index < -0.39 is 5.67 Å². The van der Waals surface area contributed by atoms with Gasteiger partial charge in [-0.25, -0.2) is 14.1 Å². The number of ether oxygens (including phenoxy) is 1. The van der Waals surface area contributed by atoms with Crippen molar-refractivity contribution in [1.29, 1.82) is 0 Å². The Morgan fingerprint density at radius 1 is 1.03 bits per heavy atom. The predicted octanol–water partition coefficient (Wildman–Crippen LogP) is 6.66. The van der Waals surface area contributed by atoms with Gasteiger partial charge in [0.05, 0.1) is 19.5 Å². The van der Waals surface area contributed by atoms with Crippen LogP contribution < -0.4 is 4.74 Å². The Labute approximate surface area is 223 Å². The van der Waals surface area contributed by atoms with Crippen molar-refractivity contribution in [3.8, 4) is 22.7 Å². The minimum absolute atomic E-state index is 0.436. The average molecular weight is 514 g/mol. The Morgan fingerprint density at radius 3 is 2.47 bits per heavy atom. The maximum atomic E-state index is 16.2. The molecule has 0 amide bonds. The van der Waals surface area contributed by atoms with E-state index in [-0.39, 0.29) is 0 Å². The van der Waals surface area contributed by atoms with Gasteiger partial charge < -0.3 is 9.64 Å². The number of hydrogen-bond acceptors (Lipinski definition) is 4. The number of hydrogen-bond donors (Lipinski definition) is 0. The third-order valence-corrected chi connectivity index (χ3v) is 8.66. The first-order valence-corrected chi connectivity index (χ1v) is 13.6. The van der Waals surface area contributed by atoms with Gasteiger partial charge in [-0.15, -0.1) is 0 Å². The van der Waals surface area contributed by atoms with Crippen LogP contribution in [-0.2, 0) is 5.67 Å². The van der Waals surface area contributed by atoms with Crippen LogP contribution in [0.2, 0.25) is 0 Å². The largest absolute Gasteiger partial charge is 0.496 e. The standard InChI is InChI=1S/C31H36FN5O/c1-20-13-21(2)26(14-25(20)22(3)23-7-6-8-23)24-16-34-37(18-24)30-17-33-29-15-28(38-5)27(19-36(29)30)31(32)9-11-35(4)12-10-31/h13-19H,6-12H2,1-5H3. The van der Waals surface area contributed by atoms with E-state index in [1.807, 2.05) is 40.8 Å². The molecule has 198 valence electrons. The normalized spacial score (nSPS) is 17.6. The number of aromatic nitrogens is 4. The van der Waals surface area contributed by atoms with E-state index in [0.29, 0.717) is 42.9 Å². The van der Waals surface area contributed by atoms with Crippen LogP contribution >= 0.6 is 0 Å². The molecule has 4 heterocycles. The predicted molar refractivity (Wildman–Crippen MR) is 150 cm³/mol. The SMILES string of the molecule is COc1cc2ncc(-n3cc(-c4cc(C(C)=C5CCC5)c(C)cc4C)cn3)n2cc1C1(F)CCN(C)CC1. The number of nitrogens with zero attached hydrogens (tertiary/aromatic N) is 5. The number of imidazole rings is 1. The number of rotatable bonds is 5. The number of piperidine rings is 1. The molecule has 7 heteroatoms. The zero-order valence-electron chi connectivity index (χ0n) is 23.0. The first-order chi connectivity index (χ1) is 18.3. The molecule has 1 aromatic carbocycles. The summed E-state index contributed by atoms with van der Waals surface area (Å²) in [5.41, 5.74) is 8.92. The van der Waals surface area contributed by atoms with E-state index in [9.17, 15) is 0 Å². The van der Waals surface area contributed by atoms with Crippen LogP contribution in [0.3, 0.4) is 0 Å². The van der Waals surface area contributed by atoms with Crippen LogP contribution in [-0.4, -0.2) is 51.3 Å². The molecule has 3 aromatic heterocycles. The Morgan fingerprint density at radius 2 is 1.79 bits per heavy atom. The van der Waals surface area contributed by atoms with Crippen LogP contribution in [0.15, 0.2) is 48.6 Å². The molecule has 2 aliphatic rings. The zero-order chi connectivity index (χ0) is 26.6. The highest BCUT2D eigenvalue weighted by Crippen LogP contribution is 2.42. The molecular formula is C31H36FN5O. The maximum Gasteiger partial charge on any atom is 0.158 e. The Hall–Kier alpha value is -3.45. The van der Waals surface area contributed by atoms with Crippen molar-refractivity contribution >= 4 is 11.2 Å². The van der Waals surface area contributed by atoms with Crippen LogP contribution in [0.4, 0.5) is 4.39 Å². The van der Waals surface area contributed by atoms with Crippen LogP contribution in [0.25, 0.3) is 28.2 Å². The molecule has 0 spiro atoms. The number of likely N-dealkylation sites (tertiary alicyclic amines) is 1. The van der Waals surface area contributed by atoms with Gasteiger partial charge in [0.15, 0.2) is 5.82 Å². The Kier molecular flexibility index (Phi) is 6.14. The number of fused-ring (bicyclic) bond motifs is 1. The molecule has 1 saturated heterocycles. The summed E-state index contributed by atoms with van der Waals surface area (Å²) in [7, 11) is 3.63. The monoisotopic (exact) mass is 513 g/mol. The highest BCUT2D eigenvalue weighted by molar-refractivity contribution is 5.77. The lowest BCUT2D eigenvalue weighted by molar-refractivity contribution is 0.0645. The van der Waals surface area contributed by atoms with E-state index in [2.05, 4.69) is 42.8 Å². The summed E-state index contributed by atoms with van der Waals surface area (Å²) in [5, 5.41) is 4.71. The minimum Gasteiger partial charge on any atom is -0.496 e. The highest BCUT2D eigenvalue weighted by atomic mass is 19.1. The third-order valence-electron chi connectivity index (χ3n) is 8.66. The smallest absolute Gasteiger partial charge is 0.158 e. The van der Waals surface area contributed by atoms with Gasteiger partial charge in [0.1, 0.15) is 17.1 Å². The number of methoxy groups -OCH3 is 1. The number of aryl methyl sites for hydroxylation is 2. The van der Waals surface area contributed by atoms with Crippen molar-refractivity contribution in [3.63, 3.8) is 0 Å². The van der Waals surface area contributed by atoms with E-state index in [4.69, 9.17) is 9.84 Å².